The van der Waals surface area contributed by atoms with E-state index >= 15 is 0 Å². The van der Waals surface area contributed by atoms with Gasteiger partial charge in [-0.05, 0) is 17.7 Å². The lowest BCUT2D eigenvalue weighted by Gasteiger charge is -2.16. The van der Waals surface area contributed by atoms with E-state index in [1.54, 1.807) is 19.2 Å². The number of benzene rings is 1. The van der Waals surface area contributed by atoms with Crippen LogP contribution in [0.1, 0.15) is 5.56 Å². The van der Waals surface area contributed by atoms with Crippen molar-refractivity contribution in [2.75, 3.05) is 20.0 Å². The standard InChI is InChI=1S/C11H14ClNO3/c1-13(11(15)6-12)7-8-3-4-9(14)10(5-8)16-2/h3-5,14H,6-7H2,1-2H3. The van der Waals surface area contributed by atoms with Gasteiger partial charge in [0.2, 0.25) is 5.91 Å². The smallest absolute Gasteiger partial charge is 0.237 e. The molecule has 0 radical (unpaired) electrons. The molecule has 16 heavy (non-hydrogen) atoms. The molecule has 0 atom stereocenters. The normalized spacial score (nSPS) is 9.94. The highest BCUT2D eigenvalue weighted by Gasteiger charge is 2.09. The van der Waals surface area contributed by atoms with Gasteiger partial charge in [-0.1, -0.05) is 6.07 Å². The number of hydrogen-bond acceptors (Lipinski definition) is 3. The van der Waals surface area contributed by atoms with Gasteiger partial charge < -0.3 is 14.7 Å². The van der Waals surface area contributed by atoms with Gasteiger partial charge in [0.15, 0.2) is 11.5 Å². The quantitative estimate of drug-likeness (QED) is 0.818. The second kappa shape index (κ2) is 5.61. The Kier molecular flexibility index (Phi) is 4.43. The van der Waals surface area contributed by atoms with Gasteiger partial charge in [-0.2, -0.15) is 0 Å². The van der Waals surface area contributed by atoms with Crippen LogP contribution in [0.2, 0.25) is 0 Å². The number of ether oxygens (including phenoxy) is 1. The van der Waals surface area contributed by atoms with Gasteiger partial charge in [0.25, 0.3) is 0 Å². The molecule has 0 heterocycles. The summed E-state index contributed by atoms with van der Waals surface area (Å²) in [5.74, 6) is 0.293. The Labute approximate surface area is 99.4 Å². The second-order valence-electron chi connectivity index (χ2n) is 3.39. The summed E-state index contributed by atoms with van der Waals surface area (Å²) in [7, 11) is 3.15. The van der Waals surface area contributed by atoms with Gasteiger partial charge in [0, 0.05) is 13.6 Å². The van der Waals surface area contributed by atoms with E-state index in [1.165, 1.54) is 18.1 Å². The Bertz CT molecular complexity index is 381. The molecular weight excluding hydrogens is 230 g/mol. The largest absolute Gasteiger partial charge is 0.504 e. The minimum atomic E-state index is -0.145. The van der Waals surface area contributed by atoms with Crippen LogP contribution < -0.4 is 4.74 Å². The predicted octanol–water partition coefficient (Wildman–Crippen LogP) is 1.60. The van der Waals surface area contributed by atoms with Crippen molar-refractivity contribution in [3.63, 3.8) is 0 Å². The molecule has 1 aromatic carbocycles. The van der Waals surface area contributed by atoms with Crippen molar-refractivity contribution in [3.05, 3.63) is 23.8 Å². The number of hydrogen-bond donors (Lipinski definition) is 1. The van der Waals surface area contributed by atoms with Gasteiger partial charge in [-0.25, -0.2) is 0 Å². The summed E-state index contributed by atoms with van der Waals surface area (Å²) >= 11 is 5.44. The summed E-state index contributed by atoms with van der Waals surface area (Å²) in [5.41, 5.74) is 0.871. The molecule has 0 saturated carbocycles. The molecule has 5 heteroatoms. The lowest BCUT2D eigenvalue weighted by molar-refractivity contribution is -0.127. The topological polar surface area (TPSA) is 49.8 Å². The molecule has 88 valence electrons. The SMILES string of the molecule is COc1cc(CN(C)C(=O)CCl)ccc1O. The second-order valence-corrected chi connectivity index (χ2v) is 3.66. The first-order valence-electron chi connectivity index (χ1n) is 4.74. The zero-order valence-corrected chi connectivity index (χ0v) is 9.99. The molecule has 0 aliphatic rings. The van der Waals surface area contributed by atoms with Crippen LogP contribution >= 0.6 is 11.6 Å². The fraction of sp³-hybridized carbons (Fsp3) is 0.364. The van der Waals surface area contributed by atoms with E-state index in [0.717, 1.165) is 5.56 Å². The Hall–Kier alpha value is -1.42. The van der Waals surface area contributed by atoms with E-state index in [4.69, 9.17) is 16.3 Å². The number of methoxy groups -OCH3 is 1. The highest BCUT2D eigenvalue weighted by Crippen LogP contribution is 2.26. The van der Waals surface area contributed by atoms with Crippen LogP contribution in [-0.2, 0) is 11.3 Å². The maximum Gasteiger partial charge on any atom is 0.237 e. The van der Waals surface area contributed by atoms with Gasteiger partial charge in [0.05, 0.1) is 7.11 Å². The summed E-state index contributed by atoms with van der Waals surface area (Å²) in [4.78, 5) is 12.8. The summed E-state index contributed by atoms with van der Waals surface area (Å²) < 4.78 is 4.97. The third-order valence-corrected chi connectivity index (χ3v) is 2.43. The Balaban J connectivity index is 2.78. The summed E-state index contributed by atoms with van der Waals surface area (Å²) in [6, 6.07) is 4.95. The average Bonchev–Trinajstić information content (AvgIpc) is 2.30. The molecule has 0 spiro atoms. The molecule has 4 nitrogen and oxygen atoms in total. The molecule has 0 unspecified atom stereocenters. The first-order chi connectivity index (χ1) is 7.58. The van der Waals surface area contributed by atoms with Gasteiger partial charge in [-0.3, -0.25) is 4.79 Å². The molecule has 1 N–H and O–H groups in total. The predicted molar refractivity (Wildman–Crippen MR) is 61.9 cm³/mol. The molecule has 0 aliphatic heterocycles. The zero-order valence-electron chi connectivity index (χ0n) is 9.24. The van der Waals surface area contributed by atoms with Crippen LogP contribution in [0.3, 0.4) is 0 Å². The number of carbonyl (C=O) groups excluding carboxylic acids is 1. The number of aromatic hydroxyl groups is 1. The van der Waals surface area contributed by atoms with Crippen molar-refractivity contribution in [3.8, 4) is 11.5 Å². The lowest BCUT2D eigenvalue weighted by atomic mass is 10.2. The monoisotopic (exact) mass is 243 g/mol. The molecule has 1 aromatic rings. The lowest BCUT2D eigenvalue weighted by Crippen LogP contribution is -2.27. The molecule has 0 bridgehead atoms. The molecule has 1 rings (SSSR count). The van der Waals surface area contributed by atoms with Crippen molar-refractivity contribution >= 4 is 17.5 Å². The van der Waals surface area contributed by atoms with Gasteiger partial charge >= 0.3 is 0 Å². The van der Waals surface area contributed by atoms with Crippen LogP contribution in [0.25, 0.3) is 0 Å². The van der Waals surface area contributed by atoms with Crippen molar-refractivity contribution in [1.82, 2.24) is 4.90 Å². The molecule has 0 aromatic heterocycles. The molecule has 0 saturated heterocycles. The van der Waals surface area contributed by atoms with Crippen molar-refractivity contribution < 1.29 is 14.6 Å². The first kappa shape index (κ1) is 12.6. The van der Waals surface area contributed by atoms with Gasteiger partial charge in [0.1, 0.15) is 5.88 Å². The third-order valence-electron chi connectivity index (χ3n) is 2.20. The average molecular weight is 244 g/mol. The fourth-order valence-electron chi connectivity index (χ4n) is 1.28. The Morgan fingerprint density at radius 3 is 2.81 bits per heavy atom. The first-order valence-corrected chi connectivity index (χ1v) is 5.27. The molecule has 0 aliphatic carbocycles. The highest BCUT2D eigenvalue weighted by atomic mass is 35.5. The van der Waals surface area contributed by atoms with Crippen molar-refractivity contribution in [2.45, 2.75) is 6.54 Å². The van der Waals surface area contributed by atoms with E-state index in [-0.39, 0.29) is 17.5 Å². The summed E-state index contributed by atoms with van der Waals surface area (Å²) in [5, 5.41) is 9.40. The minimum Gasteiger partial charge on any atom is -0.504 e. The Morgan fingerprint density at radius 1 is 1.56 bits per heavy atom. The number of amides is 1. The number of alkyl halides is 1. The maximum atomic E-state index is 11.3. The molecular formula is C11H14ClNO3. The van der Waals surface area contributed by atoms with E-state index in [9.17, 15) is 9.90 Å². The van der Waals surface area contributed by atoms with E-state index in [0.29, 0.717) is 12.3 Å². The highest BCUT2D eigenvalue weighted by molar-refractivity contribution is 6.27. The number of phenols is 1. The van der Waals surface area contributed by atoms with Crippen LogP contribution in [0.15, 0.2) is 18.2 Å². The van der Waals surface area contributed by atoms with E-state index in [2.05, 4.69) is 0 Å². The summed E-state index contributed by atoms with van der Waals surface area (Å²) in [6.07, 6.45) is 0. The van der Waals surface area contributed by atoms with Crippen LogP contribution in [0.5, 0.6) is 11.5 Å². The number of halogens is 1. The minimum absolute atomic E-state index is 0.0360. The van der Waals surface area contributed by atoms with Crippen molar-refractivity contribution in [1.29, 1.82) is 0 Å². The number of phenolic OH excluding ortho intramolecular Hbond substituents is 1. The Morgan fingerprint density at radius 2 is 2.25 bits per heavy atom. The maximum absolute atomic E-state index is 11.3. The summed E-state index contributed by atoms with van der Waals surface area (Å²) in [6.45, 7) is 0.433. The number of nitrogens with zero attached hydrogens (tertiary/aromatic N) is 1. The van der Waals surface area contributed by atoms with E-state index in [1.807, 2.05) is 0 Å². The van der Waals surface area contributed by atoms with E-state index < -0.39 is 0 Å². The number of rotatable bonds is 4. The fourth-order valence-corrected chi connectivity index (χ4v) is 1.49. The zero-order chi connectivity index (χ0) is 12.1. The molecule has 0 fully saturated rings. The van der Waals surface area contributed by atoms with Crippen LogP contribution in [0, 0.1) is 0 Å². The van der Waals surface area contributed by atoms with Gasteiger partial charge in [-0.15, -0.1) is 11.6 Å². The molecule has 1 amide bonds. The number of carbonyl (C=O) groups is 1. The van der Waals surface area contributed by atoms with Crippen molar-refractivity contribution in [2.24, 2.45) is 0 Å². The van der Waals surface area contributed by atoms with Crippen LogP contribution in [0.4, 0.5) is 0 Å². The van der Waals surface area contributed by atoms with Crippen LogP contribution in [-0.4, -0.2) is 36.0 Å². The third kappa shape index (κ3) is 3.03.